The summed E-state index contributed by atoms with van der Waals surface area (Å²) in [6.07, 6.45) is 0.736. The molecular weight excluding hydrogens is 442 g/mol. The summed E-state index contributed by atoms with van der Waals surface area (Å²) in [6.45, 7) is 2.17. The van der Waals surface area contributed by atoms with E-state index in [1.54, 1.807) is 43.6 Å². The number of nitrogens with zero attached hydrogens (tertiary/aromatic N) is 2. The lowest BCUT2D eigenvalue weighted by Gasteiger charge is -2.33. The number of fused-ring (bicyclic) bond motifs is 1. The fourth-order valence-electron chi connectivity index (χ4n) is 3.61. The Hall–Kier alpha value is -3.43. The first kappa shape index (κ1) is 22.8. The summed E-state index contributed by atoms with van der Waals surface area (Å²) in [7, 11) is 3.20. The summed E-state index contributed by atoms with van der Waals surface area (Å²) in [5.74, 6) is 0.468. The highest BCUT2D eigenvalue weighted by atomic mass is 32.1. The van der Waals surface area contributed by atoms with E-state index < -0.39 is 6.04 Å². The predicted molar refractivity (Wildman–Crippen MR) is 127 cm³/mol. The summed E-state index contributed by atoms with van der Waals surface area (Å²) in [5.41, 5.74) is 2.72. The van der Waals surface area contributed by atoms with Gasteiger partial charge in [0.05, 0.1) is 35.8 Å². The molecule has 2 heterocycles. The molecule has 2 amide bonds. The minimum Gasteiger partial charge on any atom is -0.495 e. The number of carbonyl (C=O) groups is 2. The maximum Gasteiger partial charge on any atom is 0.265 e. The number of rotatable bonds is 8. The van der Waals surface area contributed by atoms with Gasteiger partial charge in [0.1, 0.15) is 17.5 Å². The fraction of sp³-hybridized carbons (Fsp3) is 0.292. The van der Waals surface area contributed by atoms with Crippen LogP contribution in [0.15, 0.2) is 47.8 Å². The van der Waals surface area contributed by atoms with E-state index >= 15 is 0 Å². The Kier molecular flexibility index (Phi) is 6.90. The van der Waals surface area contributed by atoms with Crippen molar-refractivity contribution in [3.05, 3.63) is 52.9 Å². The van der Waals surface area contributed by atoms with Crippen molar-refractivity contribution in [3.8, 4) is 22.8 Å². The van der Waals surface area contributed by atoms with Crippen LogP contribution in [0.2, 0.25) is 0 Å². The van der Waals surface area contributed by atoms with Gasteiger partial charge in [-0.2, -0.15) is 0 Å². The SMILES string of the molecule is COCCc1nc(-c2ccc3c(c2)N(C(C)C(=O)Nc2ccccc2OC)C(=O)CO3)cs1. The third-order valence-corrected chi connectivity index (χ3v) is 6.25. The van der Waals surface area contributed by atoms with Gasteiger partial charge in [-0.05, 0) is 37.3 Å². The molecule has 0 radical (unpaired) electrons. The Morgan fingerprint density at radius 2 is 2.09 bits per heavy atom. The smallest absolute Gasteiger partial charge is 0.265 e. The number of amides is 2. The highest BCUT2D eigenvalue weighted by Gasteiger charge is 2.33. The molecule has 33 heavy (non-hydrogen) atoms. The van der Waals surface area contributed by atoms with Gasteiger partial charge < -0.3 is 19.5 Å². The zero-order chi connectivity index (χ0) is 23.4. The van der Waals surface area contributed by atoms with Crippen LogP contribution in [0.5, 0.6) is 11.5 Å². The molecule has 172 valence electrons. The van der Waals surface area contributed by atoms with Gasteiger partial charge >= 0.3 is 0 Å². The lowest BCUT2D eigenvalue weighted by molar-refractivity contribution is -0.125. The summed E-state index contributed by atoms with van der Waals surface area (Å²) in [5, 5.41) is 5.80. The molecule has 1 unspecified atom stereocenters. The van der Waals surface area contributed by atoms with Crippen LogP contribution in [0.25, 0.3) is 11.3 Å². The molecule has 8 nitrogen and oxygen atoms in total. The quantitative estimate of drug-likeness (QED) is 0.543. The maximum absolute atomic E-state index is 13.1. The highest BCUT2D eigenvalue weighted by Crippen LogP contribution is 2.37. The largest absolute Gasteiger partial charge is 0.495 e. The van der Waals surface area contributed by atoms with Gasteiger partial charge in [0.2, 0.25) is 5.91 Å². The van der Waals surface area contributed by atoms with Crippen LogP contribution in [0.3, 0.4) is 0 Å². The number of aromatic nitrogens is 1. The van der Waals surface area contributed by atoms with Gasteiger partial charge in [0.15, 0.2) is 6.61 Å². The van der Waals surface area contributed by atoms with E-state index in [4.69, 9.17) is 14.2 Å². The standard InChI is InChI=1S/C24H25N3O5S/c1-15(24(29)26-17-6-4-5-7-20(17)31-3)27-19-12-16(8-9-21(19)32-13-23(27)28)18-14-33-22(25-18)10-11-30-2/h4-9,12,14-15H,10-11,13H2,1-3H3,(H,26,29). The molecule has 1 aliphatic heterocycles. The molecular formula is C24H25N3O5S. The van der Waals surface area contributed by atoms with E-state index in [9.17, 15) is 9.59 Å². The highest BCUT2D eigenvalue weighted by molar-refractivity contribution is 7.09. The molecule has 3 aromatic rings. The van der Waals surface area contributed by atoms with Gasteiger partial charge in [-0.25, -0.2) is 4.98 Å². The monoisotopic (exact) mass is 467 g/mol. The van der Waals surface area contributed by atoms with E-state index in [0.717, 1.165) is 22.7 Å². The lowest BCUT2D eigenvalue weighted by Crippen LogP contribution is -2.49. The van der Waals surface area contributed by atoms with E-state index in [1.165, 1.54) is 12.0 Å². The number of carbonyl (C=O) groups excluding carboxylic acids is 2. The summed E-state index contributed by atoms with van der Waals surface area (Å²) in [6, 6.07) is 11.9. The van der Waals surface area contributed by atoms with Crippen molar-refractivity contribution < 1.29 is 23.8 Å². The molecule has 0 spiro atoms. The van der Waals surface area contributed by atoms with Gasteiger partial charge in [-0.1, -0.05) is 12.1 Å². The second-order valence-electron chi connectivity index (χ2n) is 7.47. The van der Waals surface area contributed by atoms with Crippen molar-refractivity contribution in [2.75, 3.05) is 37.7 Å². The van der Waals surface area contributed by atoms with Crippen LogP contribution < -0.4 is 19.7 Å². The Morgan fingerprint density at radius 3 is 2.88 bits per heavy atom. The third-order valence-electron chi connectivity index (χ3n) is 5.34. The minimum absolute atomic E-state index is 0.128. The summed E-state index contributed by atoms with van der Waals surface area (Å²) in [4.78, 5) is 32.0. The van der Waals surface area contributed by atoms with Crippen molar-refractivity contribution >= 4 is 34.5 Å². The van der Waals surface area contributed by atoms with Crippen LogP contribution in [-0.2, 0) is 20.7 Å². The number of anilines is 2. The topological polar surface area (TPSA) is 90.0 Å². The van der Waals surface area contributed by atoms with Crippen LogP contribution in [0.1, 0.15) is 11.9 Å². The lowest BCUT2D eigenvalue weighted by atomic mass is 10.1. The number of nitrogens with one attached hydrogen (secondary N) is 1. The Balaban J connectivity index is 1.61. The first-order chi connectivity index (χ1) is 16.0. The van der Waals surface area contributed by atoms with E-state index in [0.29, 0.717) is 29.5 Å². The predicted octanol–water partition coefficient (Wildman–Crippen LogP) is 3.76. The number of benzene rings is 2. The second-order valence-corrected chi connectivity index (χ2v) is 8.41. The molecule has 0 saturated heterocycles. The molecule has 0 bridgehead atoms. The molecule has 1 N–H and O–H groups in total. The van der Waals surface area contributed by atoms with Gasteiger partial charge in [0.25, 0.3) is 5.91 Å². The Morgan fingerprint density at radius 1 is 1.27 bits per heavy atom. The van der Waals surface area contributed by atoms with Gasteiger partial charge in [-0.15, -0.1) is 11.3 Å². The van der Waals surface area contributed by atoms with Gasteiger partial charge in [0, 0.05) is 24.5 Å². The molecule has 1 aromatic heterocycles. The molecule has 2 aromatic carbocycles. The van der Waals surface area contributed by atoms with E-state index in [-0.39, 0.29) is 18.4 Å². The van der Waals surface area contributed by atoms with E-state index in [2.05, 4.69) is 10.3 Å². The summed E-state index contributed by atoms with van der Waals surface area (Å²) >= 11 is 1.56. The fourth-order valence-corrected chi connectivity index (χ4v) is 4.39. The average Bonchev–Trinajstić information content (AvgIpc) is 3.31. The summed E-state index contributed by atoms with van der Waals surface area (Å²) < 4.78 is 16.1. The number of para-hydroxylation sites is 2. The molecule has 0 fully saturated rings. The van der Waals surface area contributed by atoms with Crippen molar-refractivity contribution in [3.63, 3.8) is 0 Å². The molecule has 1 atom stereocenters. The molecule has 4 rings (SSSR count). The Bertz CT molecular complexity index is 1160. The number of hydrogen-bond donors (Lipinski definition) is 1. The van der Waals surface area contributed by atoms with Crippen LogP contribution >= 0.6 is 11.3 Å². The third kappa shape index (κ3) is 4.84. The van der Waals surface area contributed by atoms with Crippen molar-refractivity contribution in [2.24, 2.45) is 0 Å². The molecule has 0 aliphatic carbocycles. The van der Waals surface area contributed by atoms with E-state index in [1.807, 2.05) is 29.6 Å². The van der Waals surface area contributed by atoms with Crippen molar-refractivity contribution in [2.45, 2.75) is 19.4 Å². The molecule has 9 heteroatoms. The Labute approximate surface area is 196 Å². The first-order valence-corrected chi connectivity index (χ1v) is 11.4. The first-order valence-electron chi connectivity index (χ1n) is 10.5. The number of thiazole rings is 1. The zero-order valence-corrected chi connectivity index (χ0v) is 19.5. The molecule has 0 saturated carbocycles. The molecule has 1 aliphatic rings. The van der Waals surface area contributed by atoms with Crippen molar-refractivity contribution in [1.29, 1.82) is 0 Å². The van der Waals surface area contributed by atoms with Crippen LogP contribution in [0.4, 0.5) is 11.4 Å². The maximum atomic E-state index is 13.1. The normalized spacial score (nSPS) is 13.8. The number of ether oxygens (including phenoxy) is 3. The second kappa shape index (κ2) is 10.0. The zero-order valence-electron chi connectivity index (χ0n) is 18.7. The number of methoxy groups -OCH3 is 2. The van der Waals surface area contributed by atoms with Gasteiger partial charge in [-0.3, -0.25) is 14.5 Å². The number of hydrogen-bond acceptors (Lipinski definition) is 7. The minimum atomic E-state index is -0.770. The van der Waals surface area contributed by atoms with Crippen LogP contribution in [0, 0.1) is 0 Å². The average molecular weight is 468 g/mol. The van der Waals surface area contributed by atoms with Crippen LogP contribution in [-0.4, -0.2) is 50.3 Å². The van der Waals surface area contributed by atoms with Crippen molar-refractivity contribution in [1.82, 2.24) is 4.98 Å².